The van der Waals surface area contributed by atoms with Crippen LogP contribution in [0.15, 0.2) is 50.4 Å². The summed E-state index contributed by atoms with van der Waals surface area (Å²) >= 11 is 3.31. The van der Waals surface area contributed by atoms with Gasteiger partial charge in [-0.2, -0.15) is 4.31 Å². The third-order valence-corrected chi connectivity index (χ3v) is 5.82. The van der Waals surface area contributed by atoms with E-state index in [1.807, 2.05) is 13.1 Å². The summed E-state index contributed by atoms with van der Waals surface area (Å²) in [4.78, 5) is 0.254. The molecule has 0 amide bonds. The molecule has 0 spiro atoms. The van der Waals surface area contributed by atoms with E-state index in [1.54, 1.807) is 24.3 Å². The van der Waals surface area contributed by atoms with Gasteiger partial charge < -0.3 is 9.73 Å². The van der Waals surface area contributed by atoms with E-state index < -0.39 is 10.0 Å². The molecule has 0 aliphatic rings. The molecule has 1 N–H and O–H groups in total. The van der Waals surface area contributed by atoms with Crippen molar-refractivity contribution in [2.24, 2.45) is 0 Å². The number of benzene rings is 1. The molecule has 1 aromatic carbocycles. The van der Waals surface area contributed by atoms with E-state index in [2.05, 4.69) is 21.2 Å². The Balaban J connectivity index is 2.31. The van der Waals surface area contributed by atoms with Crippen LogP contribution in [0.5, 0.6) is 0 Å². The largest absolute Gasteiger partial charge is 0.468 e. The number of furan rings is 1. The predicted octanol–water partition coefficient (Wildman–Crippen LogP) is 2.58. The summed E-state index contributed by atoms with van der Waals surface area (Å²) in [5, 5.41) is 3.01. The zero-order chi connectivity index (χ0) is 15.5. The normalized spacial score (nSPS) is 12.0. The number of nitrogens with zero attached hydrogens (tertiary/aromatic N) is 1. The molecule has 2 rings (SSSR count). The molecule has 114 valence electrons. The average Bonchev–Trinajstić information content (AvgIpc) is 2.94. The summed E-state index contributed by atoms with van der Waals surface area (Å²) in [6, 6.07) is 8.79. The third kappa shape index (κ3) is 3.74. The van der Waals surface area contributed by atoms with Crippen LogP contribution < -0.4 is 5.32 Å². The van der Waals surface area contributed by atoms with Crippen molar-refractivity contribution in [3.8, 4) is 0 Å². The first-order valence-corrected chi connectivity index (χ1v) is 8.60. The SMILES string of the molecule is CNCc1ccc(Br)c(S(=O)(=O)N(C)Cc2ccco2)c1. The Morgan fingerprint density at radius 3 is 2.71 bits per heavy atom. The highest BCUT2D eigenvalue weighted by Crippen LogP contribution is 2.26. The van der Waals surface area contributed by atoms with E-state index in [0.29, 0.717) is 16.8 Å². The van der Waals surface area contributed by atoms with Crippen molar-refractivity contribution >= 4 is 26.0 Å². The van der Waals surface area contributed by atoms with E-state index in [-0.39, 0.29) is 11.4 Å². The Morgan fingerprint density at radius 2 is 2.10 bits per heavy atom. The van der Waals surface area contributed by atoms with E-state index in [9.17, 15) is 8.42 Å². The van der Waals surface area contributed by atoms with Gasteiger partial charge in [0.05, 0.1) is 17.7 Å². The van der Waals surface area contributed by atoms with Gasteiger partial charge in [-0.15, -0.1) is 0 Å². The second kappa shape index (κ2) is 6.74. The summed E-state index contributed by atoms with van der Waals surface area (Å²) in [5.74, 6) is 0.601. The maximum atomic E-state index is 12.7. The summed E-state index contributed by atoms with van der Waals surface area (Å²) in [7, 11) is -0.232. The van der Waals surface area contributed by atoms with Gasteiger partial charge in [0.1, 0.15) is 5.76 Å². The molecule has 0 aliphatic carbocycles. The fraction of sp³-hybridized carbons (Fsp3) is 0.286. The highest BCUT2D eigenvalue weighted by atomic mass is 79.9. The van der Waals surface area contributed by atoms with Gasteiger partial charge in [-0.1, -0.05) is 6.07 Å². The van der Waals surface area contributed by atoms with E-state index in [4.69, 9.17) is 4.42 Å². The van der Waals surface area contributed by atoms with Crippen molar-refractivity contribution in [1.29, 1.82) is 0 Å². The molecule has 1 aromatic heterocycles. The van der Waals surface area contributed by atoms with Crippen LogP contribution in [-0.4, -0.2) is 26.8 Å². The first-order chi connectivity index (χ1) is 9.95. The molecular formula is C14H17BrN2O3S. The van der Waals surface area contributed by atoms with Crippen molar-refractivity contribution in [3.63, 3.8) is 0 Å². The molecule has 2 aromatic rings. The Morgan fingerprint density at radius 1 is 1.33 bits per heavy atom. The van der Waals surface area contributed by atoms with Crippen LogP contribution in [0.4, 0.5) is 0 Å². The van der Waals surface area contributed by atoms with Crippen LogP contribution in [0.1, 0.15) is 11.3 Å². The van der Waals surface area contributed by atoms with Crippen molar-refractivity contribution in [2.45, 2.75) is 18.0 Å². The van der Waals surface area contributed by atoms with Crippen molar-refractivity contribution in [2.75, 3.05) is 14.1 Å². The summed E-state index contributed by atoms with van der Waals surface area (Å²) in [6.07, 6.45) is 1.53. The molecule has 21 heavy (non-hydrogen) atoms. The number of hydrogen-bond donors (Lipinski definition) is 1. The molecule has 0 atom stereocenters. The maximum Gasteiger partial charge on any atom is 0.244 e. The molecule has 0 saturated heterocycles. The van der Waals surface area contributed by atoms with Crippen LogP contribution in [0, 0.1) is 0 Å². The highest BCUT2D eigenvalue weighted by molar-refractivity contribution is 9.10. The van der Waals surface area contributed by atoms with E-state index in [0.717, 1.165) is 5.56 Å². The smallest absolute Gasteiger partial charge is 0.244 e. The van der Waals surface area contributed by atoms with Crippen LogP contribution in [-0.2, 0) is 23.1 Å². The van der Waals surface area contributed by atoms with Crippen LogP contribution >= 0.6 is 15.9 Å². The summed E-state index contributed by atoms with van der Waals surface area (Å²) in [5.41, 5.74) is 0.908. The topological polar surface area (TPSA) is 62.6 Å². The van der Waals surface area contributed by atoms with Crippen LogP contribution in [0.2, 0.25) is 0 Å². The molecule has 0 aliphatic heterocycles. The lowest BCUT2D eigenvalue weighted by Gasteiger charge is -2.17. The molecule has 0 bridgehead atoms. The maximum absolute atomic E-state index is 12.7. The standard InChI is InChI=1S/C14H17BrN2O3S/c1-16-9-11-5-6-13(15)14(8-11)21(18,19)17(2)10-12-4-3-7-20-12/h3-8,16H,9-10H2,1-2H3. The quantitative estimate of drug-likeness (QED) is 0.846. The number of hydrogen-bond acceptors (Lipinski definition) is 4. The number of halogens is 1. The first-order valence-electron chi connectivity index (χ1n) is 6.37. The van der Waals surface area contributed by atoms with Gasteiger partial charge in [0.25, 0.3) is 0 Å². The Bertz CT molecular complexity index is 699. The van der Waals surface area contributed by atoms with Crippen molar-refractivity contribution in [3.05, 3.63) is 52.4 Å². The third-order valence-electron chi connectivity index (χ3n) is 3.02. The van der Waals surface area contributed by atoms with Crippen molar-refractivity contribution < 1.29 is 12.8 Å². The second-order valence-corrected chi connectivity index (χ2v) is 7.50. The summed E-state index contributed by atoms with van der Waals surface area (Å²) in [6.45, 7) is 0.801. The average molecular weight is 373 g/mol. The molecule has 0 unspecified atom stereocenters. The van der Waals surface area contributed by atoms with E-state index >= 15 is 0 Å². The summed E-state index contributed by atoms with van der Waals surface area (Å²) < 4.78 is 32.4. The predicted molar refractivity (Wildman–Crippen MR) is 84.3 cm³/mol. The molecule has 7 heteroatoms. The van der Waals surface area contributed by atoms with E-state index in [1.165, 1.54) is 17.6 Å². The Hall–Kier alpha value is -1.15. The Kier molecular flexibility index (Phi) is 5.21. The number of rotatable bonds is 6. The molecule has 5 nitrogen and oxygen atoms in total. The van der Waals surface area contributed by atoms with Crippen LogP contribution in [0.3, 0.4) is 0 Å². The zero-order valence-corrected chi connectivity index (χ0v) is 14.2. The molecular weight excluding hydrogens is 356 g/mol. The van der Waals surface area contributed by atoms with Gasteiger partial charge >= 0.3 is 0 Å². The van der Waals surface area contributed by atoms with Gasteiger partial charge in [-0.25, -0.2) is 8.42 Å². The van der Waals surface area contributed by atoms with Gasteiger partial charge in [0.15, 0.2) is 0 Å². The second-order valence-electron chi connectivity index (χ2n) is 4.64. The fourth-order valence-corrected chi connectivity index (χ4v) is 4.04. The van der Waals surface area contributed by atoms with Gasteiger partial charge in [-0.05, 0) is 52.8 Å². The molecule has 1 heterocycles. The lowest BCUT2D eigenvalue weighted by Crippen LogP contribution is -2.26. The fourth-order valence-electron chi connectivity index (χ4n) is 1.93. The minimum atomic E-state index is -3.59. The minimum absolute atomic E-state index is 0.192. The van der Waals surface area contributed by atoms with Gasteiger partial charge in [-0.3, -0.25) is 0 Å². The Labute approximate surface area is 133 Å². The zero-order valence-electron chi connectivity index (χ0n) is 11.8. The van der Waals surface area contributed by atoms with Crippen molar-refractivity contribution in [1.82, 2.24) is 9.62 Å². The number of sulfonamides is 1. The minimum Gasteiger partial charge on any atom is -0.468 e. The van der Waals surface area contributed by atoms with Gasteiger partial charge in [0.2, 0.25) is 10.0 Å². The lowest BCUT2D eigenvalue weighted by molar-refractivity contribution is 0.406. The molecule has 0 radical (unpaired) electrons. The lowest BCUT2D eigenvalue weighted by atomic mass is 10.2. The van der Waals surface area contributed by atoms with Gasteiger partial charge in [0, 0.05) is 18.1 Å². The molecule has 0 saturated carbocycles. The van der Waals surface area contributed by atoms with Crippen LogP contribution in [0.25, 0.3) is 0 Å². The first kappa shape index (κ1) is 16.2. The molecule has 0 fully saturated rings. The highest BCUT2D eigenvalue weighted by Gasteiger charge is 2.24. The number of nitrogens with one attached hydrogen (secondary N) is 1. The monoisotopic (exact) mass is 372 g/mol.